The number of pyridine rings is 1. The van der Waals surface area contributed by atoms with E-state index in [1.807, 2.05) is 27.1 Å². The van der Waals surface area contributed by atoms with Crippen molar-refractivity contribution in [1.29, 1.82) is 0 Å². The van der Waals surface area contributed by atoms with Crippen LogP contribution in [0.1, 0.15) is 29.9 Å². The van der Waals surface area contributed by atoms with Gasteiger partial charge in [-0.2, -0.15) is 10.2 Å². The van der Waals surface area contributed by atoms with Crippen LogP contribution in [0.2, 0.25) is 5.15 Å². The zero-order valence-electron chi connectivity index (χ0n) is 15.1. The summed E-state index contributed by atoms with van der Waals surface area (Å²) < 4.78 is 8.06. The van der Waals surface area contributed by atoms with Crippen LogP contribution in [-0.2, 0) is 18.3 Å². The molecule has 0 aromatic carbocycles. The van der Waals surface area contributed by atoms with Crippen molar-refractivity contribution in [2.24, 2.45) is 7.05 Å². The third kappa shape index (κ3) is 4.60. The second kappa shape index (κ2) is 9.00. The summed E-state index contributed by atoms with van der Waals surface area (Å²) in [7, 11) is 3.15. The first-order valence-electron chi connectivity index (χ1n) is 8.08. The number of carbonyl (C=O) groups is 1. The Morgan fingerprint density at radius 3 is 2.62 bits per heavy atom. The molecule has 3 aromatic heterocycles. The van der Waals surface area contributed by atoms with Crippen LogP contribution in [0.4, 0.5) is 5.69 Å². The van der Waals surface area contributed by atoms with Crippen LogP contribution in [0, 0.1) is 0 Å². The smallest absolute Gasteiger partial charge is 0.358 e. The molecule has 0 spiro atoms. The maximum Gasteiger partial charge on any atom is 0.358 e. The predicted octanol–water partition coefficient (Wildman–Crippen LogP) is 3.08. The van der Waals surface area contributed by atoms with Gasteiger partial charge >= 0.3 is 5.97 Å². The highest BCUT2D eigenvalue weighted by molar-refractivity contribution is 6.29. The Labute approximate surface area is 156 Å². The van der Waals surface area contributed by atoms with Gasteiger partial charge in [0.15, 0.2) is 5.69 Å². The fraction of sp³-hybridized carbons (Fsp3) is 0.294. The summed E-state index contributed by atoms with van der Waals surface area (Å²) in [5.74, 6) is -0.501. The number of ether oxygens (including phenoxy) is 1. The van der Waals surface area contributed by atoms with E-state index in [0.717, 1.165) is 5.69 Å². The van der Waals surface area contributed by atoms with E-state index in [9.17, 15) is 4.79 Å². The molecular formula is C17H21ClN6O2. The number of nitrogens with one attached hydrogen (secondary N) is 1. The summed E-state index contributed by atoms with van der Waals surface area (Å²) in [6.07, 6.45) is 6.87. The van der Waals surface area contributed by atoms with Gasteiger partial charge in [0.05, 0.1) is 30.9 Å². The van der Waals surface area contributed by atoms with Gasteiger partial charge in [0.1, 0.15) is 5.15 Å². The first kappa shape index (κ1) is 19.5. The molecule has 0 radical (unpaired) electrons. The lowest BCUT2D eigenvalue weighted by atomic mass is 10.2. The number of nitrogens with zero attached hydrogens (tertiary/aromatic N) is 5. The van der Waals surface area contributed by atoms with E-state index in [4.69, 9.17) is 16.3 Å². The molecule has 9 heteroatoms. The van der Waals surface area contributed by atoms with Crippen LogP contribution in [0.15, 0.2) is 36.9 Å². The van der Waals surface area contributed by atoms with Crippen molar-refractivity contribution in [2.45, 2.75) is 20.4 Å². The lowest BCUT2D eigenvalue weighted by Gasteiger charge is -2.02. The Morgan fingerprint density at radius 2 is 2.04 bits per heavy atom. The zero-order valence-corrected chi connectivity index (χ0v) is 15.9. The van der Waals surface area contributed by atoms with Crippen molar-refractivity contribution < 1.29 is 9.53 Å². The lowest BCUT2D eigenvalue weighted by Crippen LogP contribution is -2.08. The molecule has 26 heavy (non-hydrogen) atoms. The highest BCUT2D eigenvalue weighted by Gasteiger charge is 2.18. The number of hydrogen-bond acceptors (Lipinski definition) is 6. The SMILES string of the molecule is CC.COC(=O)c1nn(-c2ccc(Cl)nc2)cc1CNc1cnn(C)c1. The van der Waals surface area contributed by atoms with E-state index in [-0.39, 0.29) is 5.69 Å². The van der Waals surface area contributed by atoms with Crippen molar-refractivity contribution in [3.63, 3.8) is 0 Å². The molecule has 1 N–H and O–H groups in total. The molecule has 3 heterocycles. The molecule has 0 aliphatic heterocycles. The third-order valence-electron chi connectivity index (χ3n) is 3.33. The van der Waals surface area contributed by atoms with Gasteiger partial charge in [0, 0.05) is 31.5 Å². The van der Waals surface area contributed by atoms with Crippen molar-refractivity contribution in [2.75, 3.05) is 12.4 Å². The van der Waals surface area contributed by atoms with Crippen LogP contribution in [0.5, 0.6) is 0 Å². The number of halogens is 1. The van der Waals surface area contributed by atoms with E-state index in [2.05, 4.69) is 20.5 Å². The van der Waals surface area contributed by atoms with Crippen molar-refractivity contribution >= 4 is 23.3 Å². The van der Waals surface area contributed by atoms with Gasteiger partial charge in [-0.3, -0.25) is 4.68 Å². The molecular weight excluding hydrogens is 356 g/mol. The molecule has 138 valence electrons. The molecule has 0 fully saturated rings. The number of methoxy groups -OCH3 is 1. The molecule has 8 nitrogen and oxygen atoms in total. The highest BCUT2D eigenvalue weighted by atomic mass is 35.5. The number of aryl methyl sites for hydroxylation is 1. The summed E-state index contributed by atoms with van der Waals surface area (Å²) in [5.41, 5.74) is 2.47. The number of carbonyl (C=O) groups excluding carboxylic acids is 1. The van der Waals surface area contributed by atoms with E-state index in [1.165, 1.54) is 7.11 Å². The molecule has 0 saturated heterocycles. The molecule has 0 bridgehead atoms. The van der Waals surface area contributed by atoms with Crippen LogP contribution >= 0.6 is 11.6 Å². The Kier molecular flexibility index (Phi) is 6.74. The average Bonchev–Trinajstić information content (AvgIpc) is 3.28. The number of rotatable bonds is 5. The first-order valence-corrected chi connectivity index (χ1v) is 8.46. The lowest BCUT2D eigenvalue weighted by molar-refractivity contribution is 0.0592. The number of esters is 1. The minimum absolute atomic E-state index is 0.240. The molecule has 0 amide bonds. The van der Waals surface area contributed by atoms with Gasteiger partial charge in [-0.15, -0.1) is 0 Å². The number of anilines is 1. The van der Waals surface area contributed by atoms with Gasteiger partial charge in [-0.25, -0.2) is 14.5 Å². The Bertz CT molecular complexity index is 857. The monoisotopic (exact) mass is 376 g/mol. The molecule has 0 aliphatic carbocycles. The molecule has 0 saturated carbocycles. The van der Waals surface area contributed by atoms with Crippen LogP contribution in [0.3, 0.4) is 0 Å². The molecule has 3 aromatic rings. The second-order valence-electron chi connectivity index (χ2n) is 5.03. The van der Waals surface area contributed by atoms with Gasteiger partial charge in [-0.1, -0.05) is 25.4 Å². The van der Waals surface area contributed by atoms with Gasteiger partial charge in [-0.05, 0) is 12.1 Å². The van der Waals surface area contributed by atoms with Gasteiger partial charge in [0.25, 0.3) is 0 Å². The second-order valence-corrected chi connectivity index (χ2v) is 5.42. The van der Waals surface area contributed by atoms with Crippen molar-refractivity contribution in [1.82, 2.24) is 24.5 Å². The minimum Gasteiger partial charge on any atom is -0.464 e. The van der Waals surface area contributed by atoms with Crippen LogP contribution in [0.25, 0.3) is 5.69 Å². The van der Waals surface area contributed by atoms with E-state index >= 15 is 0 Å². The Balaban J connectivity index is 0.00000117. The average molecular weight is 377 g/mol. The Hall–Kier alpha value is -2.87. The van der Waals surface area contributed by atoms with E-state index in [0.29, 0.717) is 22.9 Å². The largest absolute Gasteiger partial charge is 0.464 e. The molecule has 0 aliphatic rings. The number of aromatic nitrogens is 5. The maximum atomic E-state index is 12.0. The molecule has 0 atom stereocenters. The fourth-order valence-corrected chi connectivity index (χ4v) is 2.26. The van der Waals surface area contributed by atoms with Gasteiger partial charge in [0.2, 0.25) is 0 Å². The topological polar surface area (TPSA) is 86.9 Å². The van der Waals surface area contributed by atoms with Crippen LogP contribution < -0.4 is 5.32 Å². The summed E-state index contributed by atoms with van der Waals surface area (Å²) in [5, 5.41) is 12.0. The quantitative estimate of drug-likeness (QED) is 0.544. The normalized spacial score (nSPS) is 10.0. The standard InChI is InChI=1S/C15H15ClN6O2.C2H6/c1-21-9-11(6-19-21)17-5-10-8-22(20-14(10)15(23)24-2)12-3-4-13(16)18-7-12;1-2/h3-4,6-9,17H,5H2,1-2H3;1-2H3. The first-order chi connectivity index (χ1) is 12.6. The third-order valence-corrected chi connectivity index (χ3v) is 3.56. The van der Waals surface area contributed by atoms with E-state index in [1.54, 1.807) is 40.1 Å². The van der Waals surface area contributed by atoms with Crippen LogP contribution in [-0.4, -0.2) is 37.6 Å². The number of hydrogen-bond donors (Lipinski definition) is 1. The molecule has 0 unspecified atom stereocenters. The highest BCUT2D eigenvalue weighted by Crippen LogP contribution is 2.16. The summed E-state index contributed by atoms with van der Waals surface area (Å²) in [6.45, 7) is 4.40. The van der Waals surface area contributed by atoms with E-state index < -0.39 is 5.97 Å². The Morgan fingerprint density at radius 1 is 1.27 bits per heavy atom. The minimum atomic E-state index is -0.501. The van der Waals surface area contributed by atoms with Crippen molar-refractivity contribution in [3.8, 4) is 5.69 Å². The summed E-state index contributed by atoms with van der Waals surface area (Å²) >= 11 is 5.80. The molecule has 3 rings (SSSR count). The summed E-state index contributed by atoms with van der Waals surface area (Å²) in [4.78, 5) is 16.0. The van der Waals surface area contributed by atoms with Crippen molar-refractivity contribution in [3.05, 3.63) is 53.3 Å². The maximum absolute atomic E-state index is 12.0. The van der Waals surface area contributed by atoms with Gasteiger partial charge < -0.3 is 10.1 Å². The zero-order chi connectivity index (χ0) is 19.1. The fourth-order valence-electron chi connectivity index (χ4n) is 2.15. The summed E-state index contributed by atoms with van der Waals surface area (Å²) in [6, 6.07) is 3.42. The predicted molar refractivity (Wildman–Crippen MR) is 99.6 cm³/mol.